The predicted octanol–water partition coefficient (Wildman–Crippen LogP) is 3.16. The van der Waals surface area contributed by atoms with E-state index in [1.165, 1.54) is 5.56 Å². The molecule has 0 aliphatic carbocycles. The number of hydrogen-bond acceptors (Lipinski definition) is 4. The molecule has 1 N–H and O–H groups in total. The predicted molar refractivity (Wildman–Crippen MR) is 89.8 cm³/mol. The number of aryl methyl sites for hydroxylation is 1. The van der Waals surface area contributed by atoms with Gasteiger partial charge in [0, 0.05) is 25.0 Å². The van der Waals surface area contributed by atoms with Crippen LogP contribution in [0.3, 0.4) is 0 Å². The molecule has 1 aromatic carbocycles. The van der Waals surface area contributed by atoms with Gasteiger partial charge in [0.25, 0.3) is 0 Å². The van der Waals surface area contributed by atoms with Crippen LogP contribution in [-0.4, -0.2) is 22.8 Å². The van der Waals surface area contributed by atoms with Crippen LogP contribution in [0.4, 0.5) is 0 Å². The van der Waals surface area contributed by atoms with Gasteiger partial charge < -0.3 is 19.4 Å². The van der Waals surface area contributed by atoms with Crippen molar-refractivity contribution in [3.05, 3.63) is 42.0 Å². The molecule has 5 heteroatoms. The Bertz CT molecular complexity index is 651. The van der Waals surface area contributed by atoms with Gasteiger partial charge in [-0.15, -0.1) is 0 Å². The lowest BCUT2D eigenvalue weighted by Crippen LogP contribution is -2.27. The van der Waals surface area contributed by atoms with Crippen LogP contribution < -0.4 is 14.8 Å². The van der Waals surface area contributed by atoms with Gasteiger partial charge in [0.15, 0.2) is 11.5 Å². The van der Waals surface area contributed by atoms with Gasteiger partial charge in [-0.3, -0.25) is 0 Å². The minimum absolute atomic E-state index is 0.243. The quantitative estimate of drug-likeness (QED) is 0.889. The molecule has 0 saturated carbocycles. The molecule has 3 rings (SSSR count). The summed E-state index contributed by atoms with van der Waals surface area (Å²) >= 11 is 0. The lowest BCUT2D eigenvalue weighted by atomic mass is 9.95. The average molecular weight is 315 g/mol. The van der Waals surface area contributed by atoms with Gasteiger partial charge in [0.1, 0.15) is 19.0 Å². The average Bonchev–Trinajstić information content (AvgIpc) is 3.02. The third-order valence-electron chi connectivity index (χ3n) is 4.21. The van der Waals surface area contributed by atoms with Gasteiger partial charge in [0.2, 0.25) is 0 Å². The molecular weight excluding hydrogens is 290 g/mol. The number of ether oxygens (including phenoxy) is 2. The lowest BCUT2D eigenvalue weighted by molar-refractivity contribution is 0.171. The van der Waals surface area contributed by atoms with Gasteiger partial charge in [-0.05, 0) is 30.5 Å². The standard InChI is InChI=1S/C18H25N3O2/c1-4-21-8-7-19-17(21)12-20-18(13(2)3)14-5-6-15-16(11-14)23-10-9-22-15/h5-8,11,13,18,20H,4,9-10,12H2,1-3H3. The van der Waals surface area contributed by atoms with E-state index in [1.807, 2.05) is 18.5 Å². The summed E-state index contributed by atoms with van der Waals surface area (Å²) in [4.78, 5) is 4.44. The Morgan fingerprint density at radius 1 is 1.22 bits per heavy atom. The normalized spacial score (nSPS) is 15.0. The Morgan fingerprint density at radius 2 is 2.00 bits per heavy atom. The van der Waals surface area contributed by atoms with Crippen molar-refractivity contribution in [3.63, 3.8) is 0 Å². The number of rotatable bonds is 6. The number of hydrogen-bond donors (Lipinski definition) is 1. The molecule has 1 aromatic heterocycles. The number of benzene rings is 1. The van der Waals surface area contributed by atoms with Crippen LogP contribution >= 0.6 is 0 Å². The summed E-state index contributed by atoms with van der Waals surface area (Å²) < 4.78 is 13.5. The number of nitrogens with zero attached hydrogens (tertiary/aromatic N) is 2. The molecule has 0 amide bonds. The van der Waals surface area contributed by atoms with Crippen molar-refractivity contribution >= 4 is 0 Å². The van der Waals surface area contributed by atoms with Crippen LogP contribution in [0.2, 0.25) is 0 Å². The molecule has 1 unspecified atom stereocenters. The Labute approximate surface area is 137 Å². The molecule has 0 fully saturated rings. The number of nitrogens with one attached hydrogen (secondary N) is 1. The van der Waals surface area contributed by atoms with Crippen LogP contribution in [0.5, 0.6) is 11.5 Å². The van der Waals surface area contributed by atoms with Crippen molar-refractivity contribution < 1.29 is 9.47 Å². The van der Waals surface area contributed by atoms with Crippen molar-refractivity contribution in [2.75, 3.05) is 13.2 Å². The van der Waals surface area contributed by atoms with Crippen LogP contribution in [-0.2, 0) is 13.1 Å². The zero-order valence-corrected chi connectivity index (χ0v) is 14.1. The van der Waals surface area contributed by atoms with Crippen molar-refractivity contribution in [1.82, 2.24) is 14.9 Å². The van der Waals surface area contributed by atoms with E-state index in [-0.39, 0.29) is 6.04 Å². The molecule has 0 spiro atoms. The number of imidazole rings is 1. The topological polar surface area (TPSA) is 48.3 Å². The first-order valence-electron chi connectivity index (χ1n) is 8.32. The van der Waals surface area contributed by atoms with E-state index in [0.717, 1.165) is 30.4 Å². The molecule has 1 aliphatic heterocycles. The van der Waals surface area contributed by atoms with E-state index in [9.17, 15) is 0 Å². The fourth-order valence-electron chi connectivity index (χ4n) is 2.99. The van der Waals surface area contributed by atoms with Crippen LogP contribution in [0.15, 0.2) is 30.6 Å². The summed E-state index contributed by atoms with van der Waals surface area (Å²) in [7, 11) is 0. The maximum Gasteiger partial charge on any atom is 0.161 e. The van der Waals surface area contributed by atoms with Crippen LogP contribution in [0.25, 0.3) is 0 Å². The second kappa shape index (κ2) is 7.04. The van der Waals surface area contributed by atoms with E-state index in [4.69, 9.17) is 9.47 Å². The Hall–Kier alpha value is -2.01. The minimum atomic E-state index is 0.243. The first kappa shape index (κ1) is 15.9. The molecule has 0 saturated heterocycles. The first-order valence-corrected chi connectivity index (χ1v) is 8.32. The maximum atomic E-state index is 5.71. The number of aromatic nitrogens is 2. The summed E-state index contributed by atoms with van der Waals surface area (Å²) in [6.45, 7) is 9.50. The van der Waals surface area contributed by atoms with E-state index in [1.54, 1.807) is 0 Å². The Kier molecular flexibility index (Phi) is 4.86. The smallest absolute Gasteiger partial charge is 0.161 e. The molecule has 0 bridgehead atoms. The molecule has 1 aliphatic rings. The van der Waals surface area contributed by atoms with E-state index in [2.05, 4.69) is 47.8 Å². The summed E-state index contributed by atoms with van der Waals surface area (Å²) in [5.74, 6) is 3.21. The molecule has 23 heavy (non-hydrogen) atoms. The highest BCUT2D eigenvalue weighted by Crippen LogP contribution is 2.34. The minimum Gasteiger partial charge on any atom is -0.486 e. The number of fused-ring (bicyclic) bond motifs is 1. The van der Waals surface area contributed by atoms with E-state index >= 15 is 0 Å². The first-order chi connectivity index (χ1) is 11.2. The molecule has 5 nitrogen and oxygen atoms in total. The fourth-order valence-corrected chi connectivity index (χ4v) is 2.99. The Morgan fingerprint density at radius 3 is 2.74 bits per heavy atom. The summed E-state index contributed by atoms with van der Waals surface area (Å²) in [6.07, 6.45) is 3.88. The Balaban J connectivity index is 1.76. The van der Waals surface area contributed by atoms with E-state index < -0.39 is 0 Å². The third-order valence-corrected chi connectivity index (χ3v) is 4.21. The monoisotopic (exact) mass is 315 g/mol. The van der Waals surface area contributed by atoms with E-state index in [0.29, 0.717) is 19.1 Å². The van der Waals surface area contributed by atoms with Crippen molar-refractivity contribution in [2.45, 2.75) is 39.9 Å². The van der Waals surface area contributed by atoms with Gasteiger partial charge in [0.05, 0.1) is 6.54 Å². The lowest BCUT2D eigenvalue weighted by Gasteiger charge is -2.25. The van der Waals surface area contributed by atoms with Gasteiger partial charge >= 0.3 is 0 Å². The largest absolute Gasteiger partial charge is 0.486 e. The fraction of sp³-hybridized carbons (Fsp3) is 0.500. The maximum absolute atomic E-state index is 5.71. The molecule has 2 aromatic rings. The summed E-state index contributed by atoms with van der Waals surface area (Å²) in [6, 6.07) is 6.47. The third kappa shape index (κ3) is 3.50. The molecular formula is C18H25N3O2. The van der Waals surface area contributed by atoms with Gasteiger partial charge in [-0.2, -0.15) is 0 Å². The molecule has 1 atom stereocenters. The van der Waals surface area contributed by atoms with Gasteiger partial charge in [-0.25, -0.2) is 4.98 Å². The van der Waals surface area contributed by atoms with Crippen LogP contribution in [0.1, 0.15) is 38.2 Å². The zero-order valence-electron chi connectivity index (χ0n) is 14.1. The highest BCUT2D eigenvalue weighted by atomic mass is 16.6. The summed E-state index contributed by atoms with van der Waals surface area (Å²) in [5, 5.41) is 3.64. The van der Waals surface area contributed by atoms with Crippen molar-refractivity contribution in [2.24, 2.45) is 5.92 Å². The molecule has 124 valence electrons. The molecule has 2 heterocycles. The second-order valence-electron chi connectivity index (χ2n) is 6.14. The highest BCUT2D eigenvalue weighted by molar-refractivity contribution is 5.44. The molecule has 0 radical (unpaired) electrons. The van der Waals surface area contributed by atoms with Crippen molar-refractivity contribution in [1.29, 1.82) is 0 Å². The van der Waals surface area contributed by atoms with Crippen LogP contribution in [0, 0.1) is 5.92 Å². The SMILES string of the molecule is CCn1ccnc1CNC(c1ccc2c(c1)OCCO2)C(C)C. The summed E-state index contributed by atoms with van der Waals surface area (Å²) in [5.41, 5.74) is 1.22. The second-order valence-corrected chi connectivity index (χ2v) is 6.14. The zero-order chi connectivity index (χ0) is 16.2. The highest BCUT2D eigenvalue weighted by Gasteiger charge is 2.19. The van der Waals surface area contributed by atoms with Gasteiger partial charge in [-0.1, -0.05) is 19.9 Å². The van der Waals surface area contributed by atoms with Crippen molar-refractivity contribution in [3.8, 4) is 11.5 Å².